The van der Waals surface area contributed by atoms with Crippen molar-refractivity contribution in [2.45, 2.75) is 38.1 Å². The van der Waals surface area contributed by atoms with Gasteiger partial charge >= 0.3 is 0 Å². The van der Waals surface area contributed by atoms with E-state index in [1.165, 1.54) is 25.3 Å². The molecule has 1 aliphatic carbocycles. The van der Waals surface area contributed by atoms with Crippen LogP contribution in [0.25, 0.3) is 0 Å². The second-order valence-electron chi connectivity index (χ2n) is 5.24. The van der Waals surface area contributed by atoms with Crippen LogP contribution >= 0.6 is 0 Å². The minimum Gasteiger partial charge on any atom is -0.497 e. The van der Waals surface area contributed by atoms with Gasteiger partial charge in [-0.2, -0.15) is 0 Å². The molecule has 2 atom stereocenters. The van der Waals surface area contributed by atoms with Crippen LogP contribution in [0.2, 0.25) is 0 Å². The Morgan fingerprint density at radius 1 is 1.35 bits per heavy atom. The molecule has 0 aliphatic heterocycles. The number of methoxy groups -OCH3 is 1. The Morgan fingerprint density at radius 3 is 2.85 bits per heavy atom. The third-order valence-electron chi connectivity index (χ3n) is 3.84. The molecular formula is C15H21FN2O2. The van der Waals surface area contributed by atoms with Gasteiger partial charge in [0.2, 0.25) is 5.91 Å². The minimum atomic E-state index is -0.471. The van der Waals surface area contributed by atoms with Crippen molar-refractivity contribution in [1.29, 1.82) is 0 Å². The number of halogens is 1. The van der Waals surface area contributed by atoms with Gasteiger partial charge in [-0.1, -0.05) is 19.3 Å². The average Bonchev–Trinajstić information content (AvgIpc) is 2.66. The van der Waals surface area contributed by atoms with E-state index < -0.39 is 5.82 Å². The summed E-state index contributed by atoms with van der Waals surface area (Å²) in [6, 6.07) is 4.13. The van der Waals surface area contributed by atoms with Crippen molar-refractivity contribution in [3.05, 3.63) is 24.0 Å². The van der Waals surface area contributed by atoms with Crippen LogP contribution in [0.15, 0.2) is 18.2 Å². The van der Waals surface area contributed by atoms with Crippen LogP contribution in [0.5, 0.6) is 5.75 Å². The molecule has 1 amide bonds. The first kappa shape index (κ1) is 14.8. The molecule has 0 aromatic heterocycles. The van der Waals surface area contributed by atoms with Gasteiger partial charge in [-0.25, -0.2) is 4.39 Å². The quantitative estimate of drug-likeness (QED) is 0.837. The van der Waals surface area contributed by atoms with Crippen molar-refractivity contribution >= 4 is 11.6 Å². The van der Waals surface area contributed by atoms with E-state index in [1.807, 2.05) is 0 Å². The maximum atomic E-state index is 13.7. The second-order valence-corrected chi connectivity index (χ2v) is 5.24. The molecule has 1 aliphatic rings. The molecule has 5 heteroatoms. The van der Waals surface area contributed by atoms with Crippen LogP contribution in [0.4, 0.5) is 10.1 Å². The number of ether oxygens (including phenoxy) is 1. The molecule has 110 valence electrons. The zero-order valence-corrected chi connectivity index (χ0v) is 11.7. The molecule has 0 bridgehead atoms. The molecule has 1 aromatic carbocycles. The molecular weight excluding hydrogens is 259 g/mol. The first-order valence-corrected chi connectivity index (χ1v) is 7.02. The maximum absolute atomic E-state index is 13.7. The molecule has 0 saturated heterocycles. The summed E-state index contributed by atoms with van der Waals surface area (Å²) in [5.41, 5.74) is 6.19. The van der Waals surface area contributed by atoms with E-state index in [0.29, 0.717) is 5.75 Å². The van der Waals surface area contributed by atoms with Crippen molar-refractivity contribution in [3.8, 4) is 5.75 Å². The van der Waals surface area contributed by atoms with E-state index in [9.17, 15) is 9.18 Å². The van der Waals surface area contributed by atoms with E-state index in [1.54, 1.807) is 0 Å². The highest BCUT2D eigenvalue weighted by Crippen LogP contribution is 2.26. The molecule has 2 unspecified atom stereocenters. The SMILES string of the molecule is COc1ccc(F)c(NC(=O)C2CCCCCC2N)c1. The maximum Gasteiger partial charge on any atom is 0.229 e. The summed E-state index contributed by atoms with van der Waals surface area (Å²) in [5, 5.41) is 2.64. The number of hydrogen-bond acceptors (Lipinski definition) is 3. The van der Waals surface area contributed by atoms with Crippen molar-refractivity contribution in [1.82, 2.24) is 0 Å². The fourth-order valence-corrected chi connectivity index (χ4v) is 2.61. The van der Waals surface area contributed by atoms with Crippen LogP contribution in [0.1, 0.15) is 32.1 Å². The van der Waals surface area contributed by atoms with Gasteiger partial charge in [0.05, 0.1) is 18.7 Å². The van der Waals surface area contributed by atoms with E-state index in [0.717, 1.165) is 32.1 Å². The predicted octanol–water partition coefficient (Wildman–Crippen LogP) is 2.68. The topological polar surface area (TPSA) is 64.3 Å². The Balaban J connectivity index is 2.10. The lowest BCUT2D eigenvalue weighted by Gasteiger charge is -2.20. The number of amides is 1. The third kappa shape index (κ3) is 3.48. The molecule has 1 aromatic rings. The molecule has 4 nitrogen and oxygen atoms in total. The lowest BCUT2D eigenvalue weighted by atomic mass is 9.94. The van der Waals surface area contributed by atoms with Crippen molar-refractivity contribution in [2.24, 2.45) is 11.7 Å². The number of nitrogens with two attached hydrogens (primary N) is 1. The van der Waals surface area contributed by atoms with E-state index in [-0.39, 0.29) is 23.6 Å². The molecule has 20 heavy (non-hydrogen) atoms. The summed E-state index contributed by atoms with van der Waals surface area (Å²) < 4.78 is 18.7. The van der Waals surface area contributed by atoms with Gasteiger partial charge in [-0.05, 0) is 25.0 Å². The lowest BCUT2D eigenvalue weighted by Crippen LogP contribution is -2.37. The van der Waals surface area contributed by atoms with Gasteiger partial charge in [0.15, 0.2) is 0 Å². The van der Waals surface area contributed by atoms with E-state index in [4.69, 9.17) is 10.5 Å². The van der Waals surface area contributed by atoms with Gasteiger partial charge in [-0.15, -0.1) is 0 Å². The molecule has 3 N–H and O–H groups in total. The predicted molar refractivity (Wildman–Crippen MR) is 76.1 cm³/mol. The zero-order valence-electron chi connectivity index (χ0n) is 11.7. The Labute approximate surface area is 118 Å². The van der Waals surface area contributed by atoms with Crippen LogP contribution < -0.4 is 15.8 Å². The standard InChI is InChI=1S/C15H21FN2O2/c1-20-10-7-8-12(16)14(9-10)18-15(19)11-5-3-2-4-6-13(11)17/h7-9,11,13H,2-6,17H2,1H3,(H,18,19). The monoisotopic (exact) mass is 280 g/mol. The molecule has 0 heterocycles. The number of anilines is 1. The number of rotatable bonds is 3. The molecule has 2 rings (SSSR count). The number of carbonyl (C=O) groups excluding carboxylic acids is 1. The summed E-state index contributed by atoms with van der Waals surface area (Å²) in [6.45, 7) is 0. The van der Waals surface area contributed by atoms with Gasteiger partial charge < -0.3 is 15.8 Å². The van der Waals surface area contributed by atoms with Crippen molar-refractivity contribution < 1.29 is 13.9 Å². The van der Waals surface area contributed by atoms with Gasteiger partial charge in [0.25, 0.3) is 0 Å². The summed E-state index contributed by atoms with van der Waals surface area (Å²) in [7, 11) is 1.50. The molecule has 0 radical (unpaired) electrons. The van der Waals surface area contributed by atoms with Gasteiger partial charge in [-0.3, -0.25) is 4.79 Å². The fraction of sp³-hybridized carbons (Fsp3) is 0.533. The highest BCUT2D eigenvalue weighted by atomic mass is 19.1. The highest BCUT2D eigenvalue weighted by Gasteiger charge is 2.27. The minimum absolute atomic E-state index is 0.144. The highest BCUT2D eigenvalue weighted by molar-refractivity contribution is 5.93. The Morgan fingerprint density at radius 2 is 2.10 bits per heavy atom. The summed E-state index contributed by atoms with van der Waals surface area (Å²) >= 11 is 0. The third-order valence-corrected chi connectivity index (χ3v) is 3.84. The summed E-state index contributed by atoms with van der Waals surface area (Å²) in [5.74, 6) is -0.414. The van der Waals surface area contributed by atoms with Gasteiger partial charge in [0, 0.05) is 12.1 Å². The number of hydrogen-bond donors (Lipinski definition) is 2. The zero-order chi connectivity index (χ0) is 14.5. The van der Waals surface area contributed by atoms with Crippen LogP contribution in [-0.2, 0) is 4.79 Å². The normalized spacial score (nSPS) is 22.9. The van der Waals surface area contributed by atoms with Gasteiger partial charge in [0.1, 0.15) is 11.6 Å². The first-order chi connectivity index (χ1) is 9.61. The van der Waals surface area contributed by atoms with E-state index in [2.05, 4.69) is 5.32 Å². The largest absolute Gasteiger partial charge is 0.497 e. The van der Waals surface area contributed by atoms with Crippen LogP contribution in [0.3, 0.4) is 0 Å². The van der Waals surface area contributed by atoms with Crippen molar-refractivity contribution in [3.63, 3.8) is 0 Å². The lowest BCUT2D eigenvalue weighted by molar-refractivity contribution is -0.120. The van der Waals surface area contributed by atoms with Crippen LogP contribution in [0, 0.1) is 11.7 Å². The van der Waals surface area contributed by atoms with Crippen molar-refractivity contribution in [2.75, 3.05) is 12.4 Å². The Hall–Kier alpha value is -1.62. The summed E-state index contributed by atoms with van der Waals surface area (Å²) in [4.78, 5) is 12.3. The van der Waals surface area contributed by atoms with Crippen LogP contribution in [-0.4, -0.2) is 19.1 Å². The number of nitrogens with one attached hydrogen (secondary N) is 1. The first-order valence-electron chi connectivity index (χ1n) is 7.02. The summed E-state index contributed by atoms with van der Waals surface area (Å²) in [6.07, 6.45) is 4.76. The van der Waals surface area contributed by atoms with E-state index >= 15 is 0 Å². The average molecular weight is 280 g/mol. The number of carbonyl (C=O) groups is 1. The molecule has 1 saturated carbocycles. The second kappa shape index (κ2) is 6.70. The molecule has 0 spiro atoms. The Bertz CT molecular complexity index is 479. The number of benzene rings is 1. The fourth-order valence-electron chi connectivity index (χ4n) is 2.61. The Kier molecular flexibility index (Phi) is 4.95. The molecule has 1 fully saturated rings. The smallest absolute Gasteiger partial charge is 0.229 e.